The Kier molecular flexibility index (Phi) is 5.76. The number of amides is 2. The van der Waals surface area contributed by atoms with Gasteiger partial charge in [0.25, 0.3) is 5.91 Å². The number of rotatable bonds is 5. The molecule has 27 heavy (non-hydrogen) atoms. The van der Waals surface area contributed by atoms with Gasteiger partial charge in [0, 0.05) is 6.07 Å². The number of carbonyl (C=O) groups excluding carboxylic acids is 2. The van der Waals surface area contributed by atoms with Gasteiger partial charge in [-0.2, -0.15) is 0 Å². The number of carbonyl (C=O) groups is 2. The summed E-state index contributed by atoms with van der Waals surface area (Å²) in [6, 6.07) is 9.64. The van der Waals surface area contributed by atoms with Crippen molar-refractivity contribution in [1.82, 2.24) is 10.1 Å². The highest BCUT2D eigenvalue weighted by Gasteiger charge is 2.33. The van der Waals surface area contributed by atoms with Gasteiger partial charge in [-0.25, -0.2) is 0 Å². The van der Waals surface area contributed by atoms with Crippen molar-refractivity contribution < 1.29 is 14.1 Å². The van der Waals surface area contributed by atoms with Gasteiger partial charge in [0.1, 0.15) is 16.6 Å². The molecule has 0 atom stereocenters. The van der Waals surface area contributed by atoms with Gasteiger partial charge in [-0.3, -0.25) is 14.5 Å². The first-order valence-electron chi connectivity index (χ1n) is 8.42. The van der Waals surface area contributed by atoms with Gasteiger partial charge >= 0.3 is 0 Å². The summed E-state index contributed by atoms with van der Waals surface area (Å²) in [6.07, 6.45) is 1.79. The number of aryl methyl sites for hydroxylation is 1. The van der Waals surface area contributed by atoms with Crippen LogP contribution in [-0.2, 0) is 9.59 Å². The van der Waals surface area contributed by atoms with Gasteiger partial charge in [0.2, 0.25) is 5.91 Å². The van der Waals surface area contributed by atoms with Crippen molar-refractivity contribution in [1.29, 1.82) is 0 Å². The highest BCUT2D eigenvalue weighted by Crippen LogP contribution is 2.32. The van der Waals surface area contributed by atoms with Crippen LogP contribution in [0.25, 0.3) is 6.08 Å². The van der Waals surface area contributed by atoms with Crippen molar-refractivity contribution >= 4 is 52.0 Å². The largest absolute Gasteiger partial charge is 0.360 e. The topological polar surface area (TPSA) is 75.4 Å². The van der Waals surface area contributed by atoms with Crippen LogP contribution < -0.4 is 5.32 Å². The molecule has 1 aromatic carbocycles. The minimum atomic E-state index is -0.387. The van der Waals surface area contributed by atoms with Crippen LogP contribution in [0.5, 0.6) is 0 Å². The lowest BCUT2D eigenvalue weighted by Crippen LogP contribution is -2.36. The second-order valence-electron chi connectivity index (χ2n) is 6.46. The predicted molar refractivity (Wildman–Crippen MR) is 110 cm³/mol. The van der Waals surface area contributed by atoms with E-state index in [2.05, 4.69) is 24.3 Å². The molecular formula is C19H19N3O3S2. The van der Waals surface area contributed by atoms with E-state index < -0.39 is 0 Å². The molecule has 6 nitrogen and oxygen atoms in total. The number of hydrogen-bond donors (Lipinski definition) is 1. The molecule has 1 fully saturated rings. The Balaban J connectivity index is 1.67. The fraction of sp³-hybridized carbons (Fsp3) is 0.263. The lowest BCUT2D eigenvalue weighted by Gasteiger charge is -2.13. The maximum absolute atomic E-state index is 12.6. The molecule has 1 saturated heterocycles. The predicted octanol–water partition coefficient (Wildman–Crippen LogP) is 3.95. The second kappa shape index (κ2) is 8.06. The van der Waals surface area contributed by atoms with Crippen LogP contribution in [0.4, 0.5) is 5.82 Å². The number of hydrogen-bond acceptors (Lipinski definition) is 6. The van der Waals surface area contributed by atoms with E-state index in [1.54, 1.807) is 19.1 Å². The molecule has 1 aromatic heterocycles. The fourth-order valence-electron chi connectivity index (χ4n) is 2.52. The highest BCUT2D eigenvalue weighted by molar-refractivity contribution is 8.26. The van der Waals surface area contributed by atoms with Crippen LogP contribution in [0.1, 0.15) is 36.7 Å². The Hall–Kier alpha value is -2.45. The van der Waals surface area contributed by atoms with E-state index in [0.29, 0.717) is 26.7 Å². The van der Waals surface area contributed by atoms with E-state index in [1.165, 1.54) is 22.2 Å². The smallest absolute Gasteiger partial charge is 0.266 e. The molecule has 1 N–H and O–H groups in total. The Morgan fingerprint density at radius 2 is 2.07 bits per heavy atom. The number of thioether (sulfide) groups is 1. The van der Waals surface area contributed by atoms with E-state index >= 15 is 0 Å². The Morgan fingerprint density at radius 1 is 1.37 bits per heavy atom. The third kappa shape index (κ3) is 4.64. The Morgan fingerprint density at radius 3 is 2.67 bits per heavy atom. The van der Waals surface area contributed by atoms with Crippen LogP contribution in [0.3, 0.4) is 0 Å². The lowest BCUT2D eigenvalue weighted by atomic mass is 10.0. The van der Waals surface area contributed by atoms with Crippen molar-refractivity contribution in [2.24, 2.45) is 0 Å². The maximum Gasteiger partial charge on any atom is 0.266 e. The molecule has 2 amide bonds. The molecule has 0 bridgehead atoms. The zero-order valence-corrected chi connectivity index (χ0v) is 16.8. The molecule has 0 radical (unpaired) electrons. The van der Waals surface area contributed by atoms with Crippen molar-refractivity contribution in [2.45, 2.75) is 26.7 Å². The Labute approximate surface area is 167 Å². The number of thiocarbonyl (C=S) groups is 1. The molecule has 8 heteroatoms. The first-order chi connectivity index (χ1) is 12.8. The SMILES string of the molecule is Cc1cc(NC(=O)CN2C(=O)C(=Cc3ccc(C(C)C)cc3)SC2=S)no1. The summed E-state index contributed by atoms with van der Waals surface area (Å²) in [5.74, 6) is 0.682. The van der Waals surface area contributed by atoms with Crippen LogP contribution >= 0.6 is 24.0 Å². The summed E-state index contributed by atoms with van der Waals surface area (Å²) in [7, 11) is 0. The number of benzene rings is 1. The second-order valence-corrected chi connectivity index (χ2v) is 8.14. The third-order valence-corrected chi connectivity index (χ3v) is 5.35. The van der Waals surface area contributed by atoms with Gasteiger partial charge in [-0.05, 0) is 30.0 Å². The summed E-state index contributed by atoms with van der Waals surface area (Å²) in [4.78, 5) is 26.6. The first kappa shape index (κ1) is 19.3. The quantitative estimate of drug-likeness (QED) is 0.604. The molecule has 1 aliphatic rings. The van der Waals surface area contributed by atoms with E-state index in [9.17, 15) is 9.59 Å². The Bertz CT molecular complexity index is 917. The average molecular weight is 402 g/mol. The highest BCUT2D eigenvalue weighted by atomic mass is 32.2. The molecule has 0 unspecified atom stereocenters. The normalized spacial score (nSPS) is 15.9. The van der Waals surface area contributed by atoms with E-state index in [0.717, 1.165) is 5.56 Å². The van der Waals surface area contributed by atoms with Gasteiger partial charge in [0.05, 0.1) is 4.91 Å². The number of nitrogens with zero attached hydrogens (tertiary/aromatic N) is 2. The van der Waals surface area contributed by atoms with E-state index in [4.69, 9.17) is 16.7 Å². The molecule has 0 saturated carbocycles. The van der Waals surface area contributed by atoms with Crippen molar-refractivity contribution in [2.75, 3.05) is 11.9 Å². The van der Waals surface area contributed by atoms with Gasteiger partial charge in [0.15, 0.2) is 5.82 Å². The molecule has 2 heterocycles. The van der Waals surface area contributed by atoms with E-state index in [-0.39, 0.29) is 18.4 Å². The molecule has 140 valence electrons. The van der Waals surface area contributed by atoms with Gasteiger partial charge in [-0.15, -0.1) is 0 Å². The van der Waals surface area contributed by atoms with Crippen molar-refractivity contribution in [3.8, 4) is 0 Å². The minimum absolute atomic E-state index is 0.166. The lowest BCUT2D eigenvalue weighted by molar-refractivity contribution is -0.126. The molecule has 0 aliphatic carbocycles. The number of anilines is 1. The summed E-state index contributed by atoms with van der Waals surface area (Å²) >= 11 is 6.46. The molecular weight excluding hydrogens is 382 g/mol. The summed E-state index contributed by atoms with van der Waals surface area (Å²) < 4.78 is 5.26. The summed E-state index contributed by atoms with van der Waals surface area (Å²) in [5, 5.41) is 6.28. The van der Waals surface area contributed by atoms with Crippen LogP contribution in [0.2, 0.25) is 0 Å². The van der Waals surface area contributed by atoms with Crippen LogP contribution in [-0.4, -0.2) is 32.7 Å². The van der Waals surface area contributed by atoms with Gasteiger partial charge < -0.3 is 9.84 Å². The summed E-state index contributed by atoms with van der Waals surface area (Å²) in [5.41, 5.74) is 2.15. The molecule has 0 spiro atoms. The standard InChI is InChI=1S/C19H19N3O3S2/c1-11(2)14-6-4-13(5-7-14)9-15-18(24)22(19(26)27-15)10-17(23)20-16-8-12(3)25-21-16/h4-9,11H,10H2,1-3H3,(H,20,21,23). The monoisotopic (exact) mass is 401 g/mol. The van der Waals surface area contributed by atoms with Crippen molar-refractivity contribution in [3.63, 3.8) is 0 Å². The minimum Gasteiger partial charge on any atom is -0.360 e. The zero-order valence-electron chi connectivity index (χ0n) is 15.2. The average Bonchev–Trinajstić information content (AvgIpc) is 3.13. The zero-order chi connectivity index (χ0) is 19.6. The summed E-state index contributed by atoms with van der Waals surface area (Å²) in [6.45, 7) is 5.82. The van der Waals surface area contributed by atoms with Crippen molar-refractivity contribution in [3.05, 3.63) is 52.1 Å². The fourth-order valence-corrected chi connectivity index (χ4v) is 3.77. The molecule has 1 aliphatic heterocycles. The van der Waals surface area contributed by atoms with Gasteiger partial charge in [-0.1, -0.05) is 67.2 Å². The third-order valence-electron chi connectivity index (χ3n) is 3.97. The number of aromatic nitrogens is 1. The first-order valence-corrected chi connectivity index (χ1v) is 9.64. The molecule has 2 aromatic rings. The molecule has 3 rings (SSSR count). The van der Waals surface area contributed by atoms with E-state index in [1.807, 2.05) is 24.3 Å². The number of nitrogens with one attached hydrogen (secondary N) is 1. The van der Waals surface area contributed by atoms with Crippen LogP contribution in [0, 0.1) is 6.92 Å². The van der Waals surface area contributed by atoms with Crippen LogP contribution in [0.15, 0.2) is 39.8 Å². The maximum atomic E-state index is 12.6.